The Labute approximate surface area is 110 Å². The SMILES string of the molecule is Nc1onc(C2CCCOC2)c1-c1ccccc1F. The first-order valence-electron chi connectivity index (χ1n) is 6.35. The van der Waals surface area contributed by atoms with Gasteiger partial charge in [0.25, 0.3) is 0 Å². The summed E-state index contributed by atoms with van der Waals surface area (Å²) in [4.78, 5) is 0. The van der Waals surface area contributed by atoms with Crippen LogP contribution in [-0.2, 0) is 4.74 Å². The second kappa shape index (κ2) is 5.01. The summed E-state index contributed by atoms with van der Waals surface area (Å²) in [6, 6.07) is 6.51. The highest BCUT2D eigenvalue weighted by Crippen LogP contribution is 2.37. The van der Waals surface area contributed by atoms with E-state index < -0.39 is 0 Å². The monoisotopic (exact) mass is 262 g/mol. The van der Waals surface area contributed by atoms with Crippen molar-refractivity contribution in [1.29, 1.82) is 0 Å². The number of anilines is 1. The van der Waals surface area contributed by atoms with E-state index in [2.05, 4.69) is 5.16 Å². The molecule has 0 bridgehead atoms. The van der Waals surface area contributed by atoms with Crippen LogP contribution in [0.3, 0.4) is 0 Å². The van der Waals surface area contributed by atoms with E-state index >= 15 is 0 Å². The fourth-order valence-corrected chi connectivity index (χ4v) is 2.49. The molecule has 2 aromatic rings. The van der Waals surface area contributed by atoms with Crippen LogP contribution in [0.2, 0.25) is 0 Å². The number of aromatic nitrogens is 1. The van der Waals surface area contributed by atoms with Crippen molar-refractivity contribution in [2.45, 2.75) is 18.8 Å². The molecule has 0 radical (unpaired) electrons. The van der Waals surface area contributed by atoms with Crippen LogP contribution >= 0.6 is 0 Å². The molecule has 1 aromatic carbocycles. The zero-order valence-corrected chi connectivity index (χ0v) is 10.4. The minimum absolute atomic E-state index is 0.115. The van der Waals surface area contributed by atoms with Gasteiger partial charge in [-0.3, -0.25) is 0 Å². The summed E-state index contributed by atoms with van der Waals surface area (Å²) in [5, 5.41) is 4.01. The number of hydrogen-bond acceptors (Lipinski definition) is 4. The van der Waals surface area contributed by atoms with Crippen LogP contribution in [0.5, 0.6) is 0 Å². The number of ether oxygens (including phenoxy) is 1. The number of benzene rings is 1. The van der Waals surface area contributed by atoms with E-state index in [1.165, 1.54) is 6.07 Å². The highest BCUT2D eigenvalue weighted by molar-refractivity contribution is 5.76. The van der Waals surface area contributed by atoms with Gasteiger partial charge in [0.15, 0.2) is 0 Å². The quantitative estimate of drug-likeness (QED) is 0.903. The number of hydrogen-bond donors (Lipinski definition) is 1. The summed E-state index contributed by atoms with van der Waals surface area (Å²) in [5.41, 5.74) is 7.50. The molecule has 0 saturated carbocycles. The lowest BCUT2D eigenvalue weighted by Gasteiger charge is -2.20. The van der Waals surface area contributed by atoms with Crippen molar-refractivity contribution in [3.8, 4) is 11.1 Å². The number of nitrogens with zero attached hydrogens (tertiary/aromatic N) is 1. The molecule has 0 aliphatic carbocycles. The Morgan fingerprint density at radius 3 is 2.89 bits per heavy atom. The van der Waals surface area contributed by atoms with Crippen LogP contribution in [-0.4, -0.2) is 18.4 Å². The molecule has 3 rings (SSSR count). The minimum Gasteiger partial charge on any atom is -0.381 e. The molecule has 5 heteroatoms. The molecule has 1 aromatic heterocycles. The van der Waals surface area contributed by atoms with Crippen LogP contribution in [0, 0.1) is 5.82 Å². The Bertz CT molecular complexity index is 577. The fourth-order valence-electron chi connectivity index (χ4n) is 2.49. The summed E-state index contributed by atoms with van der Waals surface area (Å²) in [6.07, 6.45) is 1.92. The van der Waals surface area contributed by atoms with Crippen LogP contribution < -0.4 is 5.73 Å². The number of rotatable bonds is 2. The zero-order chi connectivity index (χ0) is 13.2. The van der Waals surface area contributed by atoms with Crippen LogP contribution in [0.15, 0.2) is 28.8 Å². The second-order valence-electron chi connectivity index (χ2n) is 4.70. The molecule has 2 N–H and O–H groups in total. The normalized spacial score (nSPS) is 19.5. The Balaban J connectivity index is 2.06. The molecule has 2 heterocycles. The van der Waals surface area contributed by atoms with Gasteiger partial charge in [0.2, 0.25) is 5.88 Å². The van der Waals surface area contributed by atoms with E-state index in [4.69, 9.17) is 15.0 Å². The fraction of sp³-hybridized carbons (Fsp3) is 0.357. The van der Waals surface area contributed by atoms with Crippen molar-refractivity contribution in [3.05, 3.63) is 35.8 Å². The average Bonchev–Trinajstić information content (AvgIpc) is 2.82. The van der Waals surface area contributed by atoms with Gasteiger partial charge in [0, 0.05) is 18.1 Å². The third kappa shape index (κ3) is 2.21. The Morgan fingerprint density at radius 2 is 2.16 bits per heavy atom. The Kier molecular flexibility index (Phi) is 3.21. The number of nitrogen functional groups attached to an aromatic ring is 1. The first-order valence-corrected chi connectivity index (χ1v) is 6.35. The van der Waals surface area contributed by atoms with Crippen molar-refractivity contribution < 1.29 is 13.7 Å². The second-order valence-corrected chi connectivity index (χ2v) is 4.70. The van der Waals surface area contributed by atoms with Gasteiger partial charge in [-0.15, -0.1) is 0 Å². The smallest absolute Gasteiger partial charge is 0.230 e. The van der Waals surface area contributed by atoms with E-state index in [9.17, 15) is 4.39 Å². The third-order valence-corrected chi connectivity index (χ3v) is 3.44. The van der Waals surface area contributed by atoms with Gasteiger partial charge in [-0.25, -0.2) is 4.39 Å². The predicted octanol–water partition coefficient (Wildman–Crippen LogP) is 2.96. The van der Waals surface area contributed by atoms with Crippen LogP contribution in [0.25, 0.3) is 11.1 Å². The molecule has 1 saturated heterocycles. The number of nitrogens with two attached hydrogens (primary N) is 1. The molecular weight excluding hydrogens is 247 g/mol. The molecule has 1 aliphatic heterocycles. The maximum atomic E-state index is 13.9. The van der Waals surface area contributed by atoms with Crippen LogP contribution in [0.1, 0.15) is 24.5 Å². The zero-order valence-electron chi connectivity index (χ0n) is 10.4. The molecule has 1 atom stereocenters. The highest BCUT2D eigenvalue weighted by atomic mass is 19.1. The summed E-state index contributed by atoms with van der Waals surface area (Å²) in [7, 11) is 0. The standard InChI is InChI=1S/C14H15FN2O2/c15-11-6-2-1-5-10(11)12-13(17-19-14(12)16)9-4-3-7-18-8-9/h1-2,5-6,9H,3-4,7-8,16H2. The third-order valence-electron chi connectivity index (χ3n) is 3.44. The summed E-state index contributed by atoms with van der Waals surface area (Å²) in [6.45, 7) is 1.34. The minimum atomic E-state index is -0.324. The molecule has 0 amide bonds. The van der Waals surface area contributed by atoms with Crippen molar-refractivity contribution in [1.82, 2.24) is 5.16 Å². The van der Waals surface area contributed by atoms with E-state index in [-0.39, 0.29) is 17.6 Å². The first kappa shape index (κ1) is 12.2. The lowest BCUT2D eigenvalue weighted by molar-refractivity contribution is 0.0785. The molecule has 100 valence electrons. The van der Waals surface area contributed by atoms with Gasteiger partial charge in [-0.05, 0) is 18.9 Å². The van der Waals surface area contributed by atoms with Crippen LogP contribution in [0.4, 0.5) is 10.3 Å². The molecule has 4 nitrogen and oxygen atoms in total. The van der Waals surface area contributed by atoms with E-state index in [1.807, 2.05) is 0 Å². The summed E-state index contributed by atoms with van der Waals surface area (Å²) < 4.78 is 24.4. The molecular formula is C14H15FN2O2. The van der Waals surface area contributed by atoms with Gasteiger partial charge in [-0.2, -0.15) is 0 Å². The van der Waals surface area contributed by atoms with Gasteiger partial charge in [0.1, 0.15) is 5.82 Å². The topological polar surface area (TPSA) is 61.3 Å². The lowest BCUT2D eigenvalue weighted by Crippen LogP contribution is -2.16. The summed E-state index contributed by atoms with van der Waals surface area (Å²) >= 11 is 0. The number of halogens is 1. The maximum Gasteiger partial charge on any atom is 0.230 e. The molecule has 0 spiro atoms. The highest BCUT2D eigenvalue weighted by Gasteiger charge is 2.26. The summed E-state index contributed by atoms with van der Waals surface area (Å²) in [5.74, 6) is -0.0505. The van der Waals surface area contributed by atoms with E-state index in [0.717, 1.165) is 19.4 Å². The lowest BCUT2D eigenvalue weighted by atomic mass is 9.92. The Morgan fingerprint density at radius 1 is 1.32 bits per heavy atom. The molecule has 19 heavy (non-hydrogen) atoms. The first-order chi connectivity index (χ1) is 9.27. The Hall–Kier alpha value is -1.88. The molecule has 1 aliphatic rings. The van der Waals surface area contributed by atoms with Crippen molar-refractivity contribution in [2.24, 2.45) is 0 Å². The van der Waals surface area contributed by atoms with Gasteiger partial charge in [0.05, 0.1) is 17.9 Å². The van der Waals surface area contributed by atoms with Gasteiger partial charge < -0.3 is 15.0 Å². The largest absolute Gasteiger partial charge is 0.381 e. The van der Waals surface area contributed by atoms with E-state index in [0.29, 0.717) is 23.4 Å². The van der Waals surface area contributed by atoms with Crippen molar-refractivity contribution >= 4 is 5.88 Å². The average molecular weight is 262 g/mol. The molecule has 1 fully saturated rings. The van der Waals surface area contributed by atoms with Gasteiger partial charge in [-0.1, -0.05) is 23.4 Å². The van der Waals surface area contributed by atoms with Crippen molar-refractivity contribution in [2.75, 3.05) is 18.9 Å². The maximum absolute atomic E-state index is 13.9. The molecule has 1 unspecified atom stereocenters. The predicted molar refractivity (Wildman–Crippen MR) is 69.1 cm³/mol. The van der Waals surface area contributed by atoms with Gasteiger partial charge >= 0.3 is 0 Å². The van der Waals surface area contributed by atoms with E-state index in [1.54, 1.807) is 18.2 Å². The van der Waals surface area contributed by atoms with Crippen molar-refractivity contribution in [3.63, 3.8) is 0 Å².